The molecule has 2 bridgehead atoms. The van der Waals surface area contributed by atoms with Crippen LogP contribution in [-0.2, 0) is 16.6 Å². The number of carbonyl (C=O) groups excluding carboxylic acids is 1. The molecule has 1 aromatic carbocycles. The van der Waals surface area contributed by atoms with Crippen molar-refractivity contribution in [1.82, 2.24) is 15.2 Å². The van der Waals surface area contributed by atoms with Gasteiger partial charge in [-0.15, -0.1) is 11.3 Å². The van der Waals surface area contributed by atoms with Gasteiger partial charge in [-0.05, 0) is 102 Å². The Morgan fingerprint density at radius 3 is 2.33 bits per heavy atom. The van der Waals surface area contributed by atoms with Crippen LogP contribution >= 0.6 is 11.3 Å². The molecular formula is C28H37N3OS. The molecular weight excluding hydrogens is 426 g/mol. The maximum atomic E-state index is 13.7. The van der Waals surface area contributed by atoms with Crippen LogP contribution in [0.1, 0.15) is 68.0 Å². The molecule has 0 aliphatic carbocycles. The van der Waals surface area contributed by atoms with Crippen molar-refractivity contribution in [3.05, 3.63) is 45.8 Å². The van der Waals surface area contributed by atoms with E-state index in [1.54, 1.807) is 11.3 Å². The van der Waals surface area contributed by atoms with Crippen LogP contribution in [0.3, 0.4) is 0 Å². The first kappa shape index (κ1) is 22.7. The van der Waals surface area contributed by atoms with Gasteiger partial charge in [0.05, 0.1) is 11.1 Å². The smallest absolute Gasteiger partial charge is 0.233 e. The maximum absolute atomic E-state index is 13.7. The number of nitrogens with one attached hydrogen (secondary N) is 2. The third-order valence-corrected chi connectivity index (χ3v) is 9.12. The number of rotatable bonds is 7. The summed E-state index contributed by atoms with van der Waals surface area (Å²) in [4.78, 5) is 22.1. The van der Waals surface area contributed by atoms with Gasteiger partial charge in [0.1, 0.15) is 4.83 Å². The van der Waals surface area contributed by atoms with E-state index in [-0.39, 0.29) is 0 Å². The molecule has 2 aromatic heterocycles. The largest absolute Gasteiger partial charge is 0.346 e. The molecule has 2 aliphatic rings. The molecule has 2 saturated heterocycles. The molecule has 2 fully saturated rings. The fourth-order valence-corrected chi connectivity index (χ4v) is 7.21. The van der Waals surface area contributed by atoms with E-state index in [0.29, 0.717) is 18.0 Å². The molecule has 2 aliphatic heterocycles. The molecule has 0 spiro atoms. The number of thiophene rings is 1. The molecule has 4 nitrogen and oxygen atoms in total. The molecule has 1 amide bonds. The number of nitrogens with zero attached hydrogens (tertiary/aromatic N) is 1. The topological polar surface area (TPSA) is 48.1 Å². The van der Waals surface area contributed by atoms with E-state index in [1.807, 2.05) is 0 Å². The Hall–Kier alpha value is -2.11. The number of hydrogen-bond donors (Lipinski definition) is 2. The van der Waals surface area contributed by atoms with Gasteiger partial charge < -0.3 is 15.2 Å². The molecule has 2 N–H and O–H groups in total. The molecule has 0 saturated carbocycles. The zero-order valence-electron chi connectivity index (χ0n) is 20.7. The molecule has 176 valence electrons. The monoisotopic (exact) mass is 463 g/mol. The lowest BCUT2D eigenvalue weighted by atomic mass is 9.88. The highest BCUT2D eigenvalue weighted by Gasteiger charge is 2.47. The minimum atomic E-state index is -0.491. The Balaban J connectivity index is 1.53. The van der Waals surface area contributed by atoms with E-state index in [9.17, 15) is 4.79 Å². The number of fused-ring (bicyclic) bond motifs is 3. The summed E-state index contributed by atoms with van der Waals surface area (Å²) in [6, 6.07) is 10.0. The number of hydrogen-bond acceptors (Lipinski definition) is 3. The lowest BCUT2D eigenvalue weighted by Gasteiger charge is -2.31. The minimum absolute atomic E-state index is 0.320. The Morgan fingerprint density at radius 2 is 1.73 bits per heavy atom. The van der Waals surface area contributed by atoms with Crippen LogP contribution in [0.2, 0.25) is 0 Å². The number of carbonyl (C=O) groups is 1. The summed E-state index contributed by atoms with van der Waals surface area (Å²) >= 11 is 1.77. The molecule has 3 aromatic rings. The van der Waals surface area contributed by atoms with Crippen LogP contribution in [0.25, 0.3) is 21.5 Å². The Morgan fingerprint density at radius 1 is 1.09 bits per heavy atom. The van der Waals surface area contributed by atoms with Gasteiger partial charge in [-0.25, -0.2) is 0 Å². The van der Waals surface area contributed by atoms with E-state index in [2.05, 4.69) is 74.1 Å². The predicted octanol–water partition coefficient (Wildman–Crippen LogP) is 6.10. The van der Waals surface area contributed by atoms with Gasteiger partial charge >= 0.3 is 0 Å². The molecule has 0 radical (unpaired) electrons. The van der Waals surface area contributed by atoms with E-state index in [4.69, 9.17) is 0 Å². The third kappa shape index (κ3) is 3.93. The number of amides is 1. The van der Waals surface area contributed by atoms with Crippen molar-refractivity contribution in [2.24, 2.45) is 0 Å². The number of aromatic nitrogens is 1. The quantitative estimate of drug-likeness (QED) is 0.416. The summed E-state index contributed by atoms with van der Waals surface area (Å²) in [5, 5.41) is 4.77. The van der Waals surface area contributed by atoms with Crippen LogP contribution in [0.15, 0.2) is 24.3 Å². The fraction of sp³-hybridized carbons (Fsp3) is 0.536. The predicted molar refractivity (Wildman–Crippen MR) is 139 cm³/mol. The second-order valence-corrected chi connectivity index (χ2v) is 11.7. The molecule has 0 unspecified atom stereocenters. The SMILES string of the molecule is CCNCCc1c(-c2cc(C)cc(C)c2)[nH]c2sc(C(C)(C)C(=O)N3C4CCC3CC4)cc12. The molecule has 33 heavy (non-hydrogen) atoms. The average Bonchev–Trinajstić information content (AvgIpc) is 3.53. The lowest BCUT2D eigenvalue weighted by molar-refractivity contribution is -0.137. The van der Waals surface area contributed by atoms with Crippen LogP contribution in [0.5, 0.6) is 0 Å². The highest BCUT2D eigenvalue weighted by molar-refractivity contribution is 7.19. The minimum Gasteiger partial charge on any atom is -0.346 e. The van der Waals surface area contributed by atoms with Gasteiger partial charge in [0.15, 0.2) is 0 Å². The Bertz CT molecular complexity index is 1150. The van der Waals surface area contributed by atoms with Gasteiger partial charge in [-0.3, -0.25) is 4.79 Å². The first-order valence-electron chi connectivity index (χ1n) is 12.6. The summed E-state index contributed by atoms with van der Waals surface area (Å²) in [6.07, 6.45) is 5.71. The highest BCUT2D eigenvalue weighted by atomic mass is 32.1. The normalized spacial score (nSPS) is 20.3. The number of H-pyrrole nitrogens is 1. The summed E-state index contributed by atoms with van der Waals surface area (Å²) in [7, 11) is 0. The fourth-order valence-electron chi connectivity index (χ4n) is 6.03. The van der Waals surface area contributed by atoms with Gasteiger partial charge in [0.25, 0.3) is 0 Å². The standard InChI is InChI=1S/C28H37N3OS/c1-6-29-12-11-22-23-16-24(28(4,5)27(32)31-20-7-8-21(31)10-9-20)33-26(23)30-25(22)19-14-17(2)13-18(3)15-19/h13-16,20-21,29-30H,6-12H2,1-5H3. The summed E-state index contributed by atoms with van der Waals surface area (Å²) in [5.74, 6) is 0.320. The Labute approximate surface area is 201 Å². The lowest BCUT2D eigenvalue weighted by Crippen LogP contribution is -2.45. The van der Waals surface area contributed by atoms with E-state index in [1.165, 1.54) is 68.7 Å². The molecule has 4 heterocycles. The first-order chi connectivity index (χ1) is 15.8. The van der Waals surface area contributed by atoms with Crippen molar-refractivity contribution in [2.75, 3.05) is 13.1 Å². The number of aryl methyl sites for hydroxylation is 2. The van der Waals surface area contributed by atoms with Crippen LogP contribution in [0, 0.1) is 13.8 Å². The van der Waals surface area contributed by atoms with E-state index in [0.717, 1.165) is 19.5 Å². The number of aromatic amines is 1. The molecule has 0 atom stereocenters. The summed E-state index contributed by atoms with van der Waals surface area (Å²) in [6.45, 7) is 12.7. The maximum Gasteiger partial charge on any atom is 0.233 e. The van der Waals surface area contributed by atoms with E-state index < -0.39 is 5.41 Å². The van der Waals surface area contributed by atoms with Gasteiger partial charge in [-0.2, -0.15) is 0 Å². The zero-order chi connectivity index (χ0) is 23.3. The Kier molecular flexibility index (Phi) is 5.90. The van der Waals surface area contributed by atoms with Gasteiger partial charge in [-0.1, -0.05) is 24.1 Å². The molecule has 5 heteroatoms. The number of likely N-dealkylation sites (N-methyl/N-ethyl adjacent to an activating group) is 1. The summed E-state index contributed by atoms with van der Waals surface area (Å²) in [5.41, 5.74) is 5.93. The highest BCUT2D eigenvalue weighted by Crippen LogP contribution is 2.44. The third-order valence-electron chi connectivity index (χ3n) is 7.75. The second-order valence-electron chi connectivity index (χ2n) is 10.6. The van der Waals surface area contributed by atoms with Crippen LogP contribution in [-0.4, -0.2) is 41.0 Å². The van der Waals surface area contributed by atoms with Crippen molar-refractivity contribution >= 4 is 27.5 Å². The van der Waals surface area contributed by atoms with Crippen molar-refractivity contribution in [2.45, 2.75) is 84.2 Å². The van der Waals surface area contributed by atoms with Crippen LogP contribution in [0.4, 0.5) is 0 Å². The van der Waals surface area contributed by atoms with Crippen molar-refractivity contribution in [3.8, 4) is 11.3 Å². The summed E-state index contributed by atoms with van der Waals surface area (Å²) < 4.78 is 0. The molecule has 5 rings (SSSR count). The first-order valence-corrected chi connectivity index (χ1v) is 13.4. The van der Waals surface area contributed by atoms with Gasteiger partial charge in [0, 0.05) is 22.3 Å². The second kappa shape index (κ2) is 8.59. The van der Waals surface area contributed by atoms with E-state index >= 15 is 0 Å². The van der Waals surface area contributed by atoms with Crippen molar-refractivity contribution < 1.29 is 4.79 Å². The van der Waals surface area contributed by atoms with Crippen molar-refractivity contribution in [1.29, 1.82) is 0 Å². The number of benzene rings is 1. The van der Waals surface area contributed by atoms with Crippen LogP contribution < -0.4 is 5.32 Å². The zero-order valence-corrected chi connectivity index (χ0v) is 21.5. The van der Waals surface area contributed by atoms with Crippen molar-refractivity contribution in [3.63, 3.8) is 0 Å². The average molecular weight is 464 g/mol. The van der Waals surface area contributed by atoms with Gasteiger partial charge in [0.2, 0.25) is 5.91 Å².